The molecule has 0 heterocycles. The molecule has 4 heteroatoms. The van der Waals surface area contributed by atoms with Crippen molar-refractivity contribution < 1.29 is 19.0 Å². The number of ether oxygens (including phenoxy) is 1. The fraction of sp³-hybridized carbons (Fsp3) is 0.278. The van der Waals surface area contributed by atoms with E-state index in [4.69, 9.17) is 4.74 Å². The SMILES string of the molecule is CCOC(=O)CCC(O)c1ccc(-c2ccccc2F)cc1. The zero-order valence-electron chi connectivity index (χ0n) is 12.5. The molecule has 0 bridgehead atoms. The van der Waals surface area contributed by atoms with Crippen molar-refractivity contribution in [2.24, 2.45) is 0 Å². The largest absolute Gasteiger partial charge is 0.466 e. The van der Waals surface area contributed by atoms with E-state index in [0.29, 0.717) is 24.2 Å². The average Bonchev–Trinajstić information content (AvgIpc) is 2.53. The van der Waals surface area contributed by atoms with Crippen LogP contribution in [0.3, 0.4) is 0 Å². The number of esters is 1. The summed E-state index contributed by atoms with van der Waals surface area (Å²) >= 11 is 0. The zero-order valence-corrected chi connectivity index (χ0v) is 12.5. The van der Waals surface area contributed by atoms with Gasteiger partial charge in [0.15, 0.2) is 0 Å². The lowest BCUT2D eigenvalue weighted by atomic mass is 9.99. The second kappa shape index (κ2) is 7.71. The molecule has 22 heavy (non-hydrogen) atoms. The van der Waals surface area contributed by atoms with Crippen LogP contribution >= 0.6 is 0 Å². The zero-order chi connectivity index (χ0) is 15.9. The molecule has 0 spiro atoms. The van der Waals surface area contributed by atoms with Crippen LogP contribution in [0.15, 0.2) is 48.5 Å². The van der Waals surface area contributed by atoms with Gasteiger partial charge in [-0.05, 0) is 30.5 Å². The highest BCUT2D eigenvalue weighted by Gasteiger charge is 2.12. The first-order chi connectivity index (χ1) is 10.6. The van der Waals surface area contributed by atoms with Gasteiger partial charge in [-0.15, -0.1) is 0 Å². The molecule has 0 aliphatic rings. The fourth-order valence-electron chi connectivity index (χ4n) is 2.23. The molecule has 2 aromatic carbocycles. The first-order valence-corrected chi connectivity index (χ1v) is 7.30. The number of carbonyl (C=O) groups excluding carboxylic acids is 1. The highest BCUT2D eigenvalue weighted by Crippen LogP contribution is 2.25. The maximum Gasteiger partial charge on any atom is 0.305 e. The van der Waals surface area contributed by atoms with Crippen molar-refractivity contribution in [2.45, 2.75) is 25.9 Å². The summed E-state index contributed by atoms with van der Waals surface area (Å²) in [6.07, 6.45) is -0.263. The van der Waals surface area contributed by atoms with Crippen LogP contribution < -0.4 is 0 Å². The van der Waals surface area contributed by atoms with Gasteiger partial charge in [0, 0.05) is 12.0 Å². The lowest BCUT2D eigenvalue weighted by molar-refractivity contribution is -0.143. The highest BCUT2D eigenvalue weighted by molar-refractivity contribution is 5.69. The summed E-state index contributed by atoms with van der Waals surface area (Å²) < 4.78 is 18.5. The van der Waals surface area contributed by atoms with E-state index in [1.54, 1.807) is 49.4 Å². The molecule has 1 atom stereocenters. The Morgan fingerprint density at radius 1 is 1.18 bits per heavy atom. The van der Waals surface area contributed by atoms with Crippen molar-refractivity contribution in [3.05, 3.63) is 59.9 Å². The Morgan fingerprint density at radius 3 is 2.50 bits per heavy atom. The minimum absolute atomic E-state index is 0.171. The Kier molecular flexibility index (Phi) is 5.67. The molecule has 2 rings (SSSR count). The Morgan fingerprint density at radius 2 is 1.86 bits per heavy atom. The second-order valence-electron chi connectivity index (χ2n) is 4.96. The maximum absolute atomic E-state index is 13.7. The van der Waals surface area contributed by atoms with Crippen LogP contribution in [0.2, 0.25) is 0 Å². The second-order valence-corrected chi connectivity index (χ2v) is 4.96. The monoisotopic (exact) mass is 302 g/mol. The van der Waals surface area contributed by atoms with Crippen molar-refractivity contribution in [1.82, 2.24) is 0 Å². The molecule has 0 saturated heterocycles. The predicted molar refractivity (Wildman–Crippen MR) is 82.7 cm³/mol. The van der Waals surface area contributed by atoms with Crippen molar-refractivity contribution in [3.63, 3.8) is 0 Å². The molecule has 0 aliphatic carbocycles. The number of hydrogen-bond acceptors (Lipinski definition) is 3. The minimum atomic E-state index is -0.737. The van der Waals surface area contributed by atoms with Gasteiger partial charge < -0.3 is 9.84 Å². The molecule has 0 aromatic heterocycles. The third kappa shape index (κ3) is 4.15. The summed E-state index contributed by atoms with van der Waals surface area (Å²) in [5.41, 5.74) is 1.97. The number of rotatable bonds is 6. The first kappa shape index (κ1) is 16.2. The summed E-state index contributed by atoms with van der Waals surface area (Å²) in [6.45, 7) is 2.09. The number of carbonyl (C=O) groups is 1. The van der Waals surface area contributed by atoms with Crippen LogP contribution in [-0.2, 0) is 9.53 Å². The Hall–Kier alpha value is -2.20. The van der Waals surface area contributed by atoms with Crippen LogP contribution in [-0.4, -0.2) is 17.7 Å². The highest BCUT2D eigenvalue weighted by atomic mass is 19.1. The minimum Gasteiger partial charge on any atom is -0.466 e. The molecule has 0 radical (unpaired) electrons. The summed E-state index contributed by atoms with van der Waals surface area (Å²) in [7, 11) is 0. The molecule has 1 N–H and O–H groups in total. The van der Waals surface area contributed by atoms with Crippen molar-refractivity contribution in [3.8, 4) is 11.1 Å². The van der Waals surface area contributed by atoms with E-state index in [1.807, 2.05) is 0 Å². The normalized spacial score (nSPS) is 12.0. The summed E-state index contributed by atoms with van der Waals surface area (Å²) in [5, 5.41) is 10.1. The van der Waals surface area contributed by atoms with Gasteiger partial charge in [-0.25, -0.2) is 4.39 Å². The first-order valence-electron chi connectivity index (χ1n) is 7.30. The Balaban J connectivity index is 2.02. The third-order valence-corrected chi connectivity index (χ3v) is 3.41. The van der Waals surface area contributed by atoms with Crippen molar-refractivity contribution >= 4 is 5.97 Å². The van der Waals surface area contributed by atoms with Crippen LogP contribution in [0.1, 0.15) is 31.4 Å². The van der Waals surface area contributed by atoms with Gasteiger partial charge >= 0.3 is 5.97 Å². The summed E-state index contributed by atoms with van der Waals surface area (Å²) in [5.74, 6) is -0.595. The Bertz CT molecular complexity index is 622. The van der Waals surface area contributed by atoms with E-state index in [9.17, 15) is 14.3 Å². The topological polar surface area (TPSA) is 46.5 Å². The quantitative estimate of drug-likeness (QED) is 0.824. The molecule has 0 aliphatic heterocycles. The van der Waals surface area contributed by atoms with E-state index in [-0.39, 0.29) is 18.2 Å². The number of aliphatic hydroxyl groups excluding tert-OH is 1. The van der Waals surface area contributed by atoms with Crippen LogP contribution in [0.4, 0.5) is 4.39 Å². The lowest BCUT2D eigenvalue weighted by Gasteiger charge is -2.11. The molecule has 2 aromatic rings. The van der Waals surface area contributed by atoms with Crippen LogP contribution in [0, 0.1) is 5.82 Å². The van der Waals surface area contributed by atoms with Gasteiger partial charge in [0.1, 0.15) is 5.82 Å². The number of halogens is 1. The smallest absolute Gasteiger partial charge is 0.305 e. The van der Waals surface area contributed by atoms with Gasteiger partial charge in [0.05, 0.1) is 12.7 Å². The third-order valence-electron chi connectivity index (χ3n) is 3.41. The number of aliphatic hydroxyl groups is 1. The van der Waals surface area contributed by atoms with Gasteiger partial charge in [-0.1, -0.05) is 42.5 Å². The molecule has 0 fully saturated rings. The molecule has 1 unspecified atom stereocenters. The van der Waals surface area contributed by atoms with Crippen LogP contribution in [0.25, 0.3) is 11.1 Å². The van der Waals surface area contributed by atoms with Gasteiger partial charge in [0.25, 0.3) is 0 Å². The van der Waals surface area contributed by atoms with Crippen LogP contribution in [0.5, 0.6) is 0 Å². The Labute approximate surface area is 129 Å². The van der Waals surface area contributed by atoms with Gasteiger partial charge in [-0.2, -0.15) is 0 Å². The fourth-order valence-corrected chi connectivity index (χ4v) is 2.23. The standard InChI is InChI=1S/C18H19FO3/c1-2-22-18(21)12-11-17(20)14-9-7-13(8-10-14)15-5-3-4-6-16(15)19/h3-10,17,20H,2,11-12H2,1H3. The van der Waals surface area contributed by atoms with E-state index in [2.05, 4.69) is 0 Å². The molecular formula is C18H19FO3. The predicted octanol–water partition coefficient (Wildman–Crippen LogP) is 3.87. The lowest BCUT2D eigenvalue weighted by Crippen LogP contribution is -2.07. The van der Waals surface area contributed by atoms with E-state index < -0.39 is 6.10 Å². The van der Waals surface area contributed by atoms with Crippen molar-refractivity contribution in [1.29, 1.82) is 0 Å². The summed E-state index contributed by atoms with van der Waals surface area (Å²) in [4.78, 5) is 11.3. The molecule has 116 valence electrons. The number of benzene rings is 2. The van der Waals surface area contributed by atoms with Gasteiger partial charge in [-0.3, -0.25) is 4.79 Å². The van der Waals surface area contributed by atoms with E-state index in [1.165, 1.54) is 6.07 Å². The van der Waals surface area contributed by atoms with Gasteiger partial charge in [0.2, 0.25) is 0 Å². The summed E-state index contributed by atoms with van der Waals surface area (Å²) in [6, 6.07) is 13.6. The van der Waals surface area contributed by atoms with E-state index in [0.717, 1.165) is 5.56 Å². The molecule has 3 nitrogen and oxygen atoms in total. The molecule has 0 amide bonds. The number of hydrogen-bond donors (Lipinski definition) is 1. The maximum atomic E-state index is 13.7. The van der Waals surface area contributed by atoms with Crippen molar-refractivity contribution in [2.75, 3.05) is 6.61 Å². The molecule has 0 saturated carbocycles. The average molecular weight is 302 g/mol. The van der Waals surface area contributed by atoms with E-state index >= 15 is 0 Å². The molecular weight excluding hydrogens is 283 g/mol.